The Morgan fingerprint density at radius 1 is 1.44 bits per heavy atom. The van der Waals surface area contributed by atoms with Gasteiger partial charge in [0.05, 0.1) is 13.2 Å². The number of rotatable bonds is 5. The lowest BCUT2D eigenvalue weighted by molar-refractivity contribution is 0.196. The maximum atomic E-state index is 13.3. The first-order valence-electron chi connectivity index (χ1n) is 5.16. The van der Waals surface area contributed by atoms with Crippen LogP contribution in [0.4, 0.5) is 4.39 Å². The molecule has 0 bridgehead atoms. The molecular formula is C12H17FO2S. The molecule has 2 unspecified atom stereocenters. The molecule has 0 amide bonds. The second-order valence-electron chi connectivity index (χ2n) is 3.73. The van der Waals surface area contributed by atoms with Crippen molar-refractivity contribution in [3.05, 3.63) is 29.6 Å². The highest BCUT2D eigenvalue weighted by molar-refractivity contribution is 7.99. The summed E-state index contributed by atoms with van der Waals surface area (Å²) in [6, 6.07) is 4.93. The third-order valence-corrected chi connectivity index (χ3v) is 3.83. The smallest absolute Gasteiger partial charge is 0.165 e. The van der Waals surface area contributed by atoms with Crippen LogP contribution >= 0.6 is 11.8 Å². The molecule has 0 aliphatic heterocycles. The van der Waals surface area contributed by atoms with Gasteiger partial charge in [-0.3, -0.25) is 0 Å². The average Bonchev–Trinajstić information content (AvgIpc) is 2.25. The maximum Gasteiger partial charge on any atom is 0.165 e. The second kappa shape index (κ2) is 6.11. The van der Waals surface area contributed by atoms with E-state index in [0.29, 0.717) is 5.75 Å². The fraction of sp³-hybridized carbons (Fsp3) is 0.500. The molecule has 0 saturated heterocycles. The number of hydrogen-bond donors (Lipinski definition) is 1. The molecule has 4 heteroatoms. The van der Waals surface area contributed by atoms with Gasteiger partial charge in [-0.15, -0.1) is 0 Å². The molecule has 2 atom stereocenters. The third-order valence-electron chi connectivity index (χ3n) is 2.41. The van der Waals surface area contributed by atoms with Crippen molar-refractivity contribution in [2.24, 2.45) is 0 Å². The van der Waals surface area contributed by atoms with Crippen molar-refractivity contribution in [1.82, 2.24) is 0 Å². The van der Waals surface area contributed by atoms with E-state index in [1.807, 2.05) is 13.0 Å². The van der Waals surface area contributed by atoms with Crippen LogP contribution in [0.1, 0.15) is 19.4 Å². The highest BCUT2D eigenvalue weighted by Crippen LogP contribution is 2.23. The van der Waals surface area contributed by atoms with Crippen LogP contribution in [0.15, 0.2) is 18.2 Å². The summed E-state index contributed by atoms with van der Waals surface area (Å²) >= 11 is 1.60. The lowest BCUT2D eigenvalue weighted by Crippen LogP contribution is -2.15. The van der Waals surface area contributed by atoms with E-state index in [2.05, 4.69) is 0 Å². The topological polar surface area (TPSA) is 29.5 Å². The van der Waals surface area contributed by atoms with Gasteiger partial charge in [-0.1, -0.05) is 13.0 Å². The van der Waals surface area contributed by atoms with Gasteiger partial charge in [-0.05, 0) is 24.6 Å². The number of benzene rings is 1. The van der Waals surface area contributed by atoms with E-state index in [-0.39, 0.29) is 22.9 Å². The summed E-state index contributed by atoms with van der Waals surface area (Å²) in [6.07, 6.45) is -0.354. The normalized spacial score (nSPS) is 14.6. The number of ether oxygens (including phenoxy) is 1. The van der Waals surface area contributed by atoms with E-state index >= 15 is 0 Å². The molecule has 90 valence electrons. The lowest BCUT2D eigenvalue weighted by atomic mass is 10.2. The number of aliphatic hydroxyl groups is 1. The highest BCUT2D eigenvalue weighted by Gasteiger charge is 2.10. The molecule has 0 fully saturated rings. The minimum Gasteiger partial charge on any atom is -0.494 e. The zero-order valence-electron chi connectivity index (χ0n) is 9.74. The zero-order valence-corrected chi connectivity index (χ0v) is 10.6. The zero-order chi connectivity index (χ0) is 12.1. The van der Waals surface area contributed by atoms with E-state index < -0.39 is 0 Å². The van der Waals surface area contributed by atoms with Crippen molar-refractivity contribution in [3.63, 3.8) is 0 Å². The Morgan fingerprint density at radius 2 is 2.12 bits per heavy atom. The summed E-state index contributed by atoms with van der Waals surface area (Å²) in [6.45, 7) is 3.71. The molecule has 2 nitrogen and oxygen atoms in total. The summed E-state index contributed by atoms with van der Waals surface area (Å²) in [5, 5.41) is 9.46. The van der Waals surface area contributed by atoms with Gasteiger partial charge in [0.15, 0.2) is 11.6 Å². The predicted octanol–water partition coefficient (Wildman–Crippen LogP) is 2.84. The van der Waals surface area contributed by atoms with Crippen LogP contribution in [0.2, 0.25) is 0 Å². The van der Waals surface area contributed by atoms with Gasteiger partial charge in [-0.2, -0.15) is 11.8 Å². The van der Waals surface area contributed by atoms with Gasteiger partial charge in [0.2, 0.25) is 0 Å². The van der Waals surface area contributed by atoms with Crippen LogP contribution in [0, 0.1) is 5.82 Å². The molecular weight excluding hydrogens is 227 g/mol. The monoisotopic (exact) mass is 244 g/mol. The van der Waals surface area contributed by atoms with Gasteiger partial charge in [-0.25, -0.2) is 4.39 Å². The van der Waals surface area contributed by atoms with Gasteiger partial charge >= 0.3 is 0 Å². The molecule has 0 spiro atoms. The number of hydrogen-bond acceptors (Lipinski definition) is 3. The quantitative estimate of drug-likeness (QED) is 0.863. The summed E-state index contributed by atoms with van der Waals surface area (Å²) in [4.78, 5) is 0. The van der Waals surface area contributed by atoms with Gasteiger partial charge in [0.1, 0.15) is 0 Å². The molecule has 0 aliphatic rings. The van der Waals surface area contributed by atoms with Crippen molar-refractivity contribution in [2.45, 2.75) is 31.0 Å². The second-order valence-corrected chi connectivity index (χ2v) is 5.09. The lowest BCUT2D eigenvalue weighted by Gasteiger charge is -2.14. The molecule has 0 saturated carbocycles. The van der Waals surface area contributed by atoms with E-state index in [1.54, 1.807) is 24.8 Å². The molecule has 16 heavy (non-hydrogen) atoms. The molecule has 1 aromatic carbocycles. The summed E-state index contributed by atoms with van der Waals surface area (Å²) < 4.78 is 18.2. The fourth-order valence-corrected chi connectivity index (χ4v) is 2.08. The third kappa shape index (κ3) is 3.68. The van der Waals surface area contributed by atoms with Crippen molar-refractivity contribution in [3.8, 4) is 5.75 Å². The Kier molecular flexibility index (Phi) is 5.09. The predicted molar refractivity (Wildman–Crippen MR) is 65.4 cm³/mol. The first kappa shape index (κ1) is 13.3. The standard InChI is InChI=1S/C12H17FO2S/c1-8(14)9(2)16-7-10-4-5-12(15-3)11(13)6-10/h4-6,8-9,14H,7H2,1-3H3. The van der Waals surface area contributed by atoms with E-state index in [1.165, 1.54) is 13.2 Å². The summed E-state index contributed by atoms with van der Waals surface area (Å²) in [5.41, 5.74) is 0.899. The van der Waals surface area contributed by atoms with Crippen molar-refractivity contribution >= 4 is 11.8 Å². The number of halogens is 1. The summed E-state index contributed by atoms with van der Waals surface area (Å²) in [7, 11) is 1.45. The molecule has 0 heterocycles. The van der Waals surface area contributed by atoms with Crippen LogP contribution in [0.5, 0.6) is 5.75 Å². The Labute approximate surface area is 99.8 Å². The van der Waals surface area contributed by atoms with Crippen LogP contribution in [0.25, 0.3) is 0 Å². The average molecular weight is 244 g/mol. The van der Waals surface area contributed by atoms with Crippen LogP contribution < -0.4 is 4.74 Å². The Hall–Kier alpha value is -0.740. The molecule has 0 aromatic heterocycles. The molecule has 1 rings (SSSR count). The molecule has 0 aliphatic carbocycles. The van der Waals surface area contributed by atoms with Gasteiger partial charge in [0, 0.05) is 11.0 Å². The van der Waals surface area contributed by atoms with Gasteiger partial charge < -0.3 is 9.84 Å². The number of thioether (sulfide) groups is 1. The van der Waals surface area contributed by atoms with Crippen LogP contribution in [0.3, 0.4) is 0 Å². The van der Waals surface area contributed by atoms with E-state index in [0.717, 1.165) is 5.56 Å². The largest absolute Gasteiger partial charge is 0.494 e. The van der Waals surface area contributed by atoms with E-state index in [9.17, 15) is 9.50 Å². The van der Waals surface area contributed by atoms with Crippen molar-refractivity contribution in [1.29, 1.82) is 0 Å². The highest BCUT2D eigenvalue weighted by atomic mass is 32.2. The SMILES string of the molecule is COc1ccc(CSC(C)C(C)O)cc1F. The molecule has 1 aromatic rings. The van der Waals surface area contributed by atoms with E-state index in [4.69, 9.17) is 4.74 Å². The maximum absolute atomic E-state index is 13.3. The van der Waals surface area contributed by atoms with Crippen LogP contribution in [-0.4, -0.2) is 23.6 Å². The number of methoxy groups -OCH3 is 1. The molecule has 1 N–H and O–H groups in total. The Morgan fingerprint density at radius 3 is 2.62 bits per heavy atom. The Bertz CT molecular complexity index is 342. The first-order valence-corrected chi connectivity index (χ1v) is 6.21. The first-order chi connectivity index (χ1) is 7.54. The Balaban J connectivity index is 2.58. The van der Waals surface area contributed by atoms with Crippen molar-refractivity contribution in [2.75, 3.05) is 7.11 Å². The fourth-order valence-electron chi connectivity index (χ4n) is 1.17. The number of aliphatic hydroxyl groups excluding tert-OH is 1. The molecule has 0 radical (unpaired) electrons. The minimum absolute atomic E-state index is 0.144. The van der Waals surface area contributed by atoms with Gasteiger partial charge in [0.25, 0.3) is 0 Å². The summed E-state index contributed by atoms with van der Waals surface area (Å²) in [5.74, 6) is 0.607. The van der Waals surface area contributed by atoms with Crippen molar-refractivity contribution < 1.29 is 14.2 Å². The minimum atomic E-state index is -0.354. The van der Waals surface area contributed by atoms with Crippen LogP contribution in [-0.2, 0) is 5.75 Å².